The fourth-order valence-electron chi connectivity index (χ4n) is 1.77. The lowest BCUT2D eigenvalue weighted by molar-refractivity contribution is 0.296. The maximum atomic E-state index is 5.65. The molecular formula is C14H16INO2. The van der Waals surface area contributed by atoms with Gasteiger partial charge < -0.3 is 7.80 Å². The average molecular weight is 357 g/mol. The summed E-state index contributed by atoms with van der Waals surface area (Å²) in [4.78, 5) is 4.49. The summed E-state index contributed by atoms with van der Waals surface area (Å²) < 4.78 is 10.9. The zero-order valence-electron chi connectivity index (χ0n) is 10.4. The van der Waals surface area contributed by atoms with E-state index in [0.29, 0.717) is 5.88 Å². The Kier molecular flexibility index (Phi) is 5.04. The molecule has 0 atom stereocenters. The smallest absolute Gasteiger partial charge is 0.213 e. The number of unbranched alkanes of at least 4 members (excludes halogenated alkanes) is 2. The molecule has 0 unspecified atom stereocenters. The average Bonchev–Trinajstić information content (AvgIpc) is 2.43. The molecule has 0 saturated carbocycles. The van der Waals surface area contributed by atoms with Crippen LogP contribution in [0.1, 0.15) is 26.2 Å². The Labute approximate surface area is 121 Å². The standard InChI is InChI=1S/C14H16INO2/c1-2-3-4-10-17-13-9-8-11-6-5-7-12(18-15)14(11)16-13/h5-9H,2-4,10H2,1H3. The molecule has 0 aliphatic heterocycles. The van der Waals surface area contributed by atoms with E-state index in [1.54, 1.807) is 0 Å². The van der Waals surface area contributed by atoms with Crippen molar-refractivity contribution in [3.8, 4) is 11.6 Å². The molecule has 2 rings (SSSR count). The number of aromatic nitrogens is 1. The summed E-state index contributed by atoms with van der Waals surface area (Å²) in [7, 11) is 0. The normalized spacial score (nSPS) is 10.6. The second kappa shape index (κ2) is 6.78. The molecule has 0 radical (unpaired) electrons. The summed E-state index contributed by atoms with van der Waals surface area (Å²) in [5.74, 6) is 1.44. The number of para-hydroxylation sites is 1. The molecule has 1 aromatic carbocycles. The molecule has 0 bridgehead atoms. The van der Waals surface area contributed by atoms with Crippen LogP contribution in [0.5, 0.6) is 11.6 Å². The molecule has 96 valence electrons. The maximum Gasteiger partial charge on any atom is 0.213 e. The van der Waals surface area contributed by atoms with E-state index in [1.807, 2.05) is 53.3 Å². The third kappa shape index (κ3) is 3.25. The number of hydrogen-bond donors (Lipinski definition) is 0. The van der Waals surface area contributed by atoms with Gasteiger partial charge in [-0.2, -0.15) is 0 Å². The van der Waals surface area contributed by atoms with Crippen molar-refractivity contribution < 1.29 is 7.80 Å². The zero-order valence-corrected chi connectivity index (χ0v) is 12.5. The van der Waals surface area contributed by atoms with Crippen LogP contribution in [0, 0.1) is 0 Å². The van der Waals surface area contributed by atoms with Crippen molar-refractivity contribution in [3.05, 3.63) is 30.3 Å². The zero-order chi connectivity index (χ0) is 12.8. The summed E-state index contributed by atoms with van der Waals surface area (Å²) in [6.07, 6.45) is 3.46. The van der Waals surface area contributed by atoms with Gasteiger partial charge in [0.25, 0.3) is 0 Å². The van der Waals surface area contributed by atoms with Crippen molar-refractivity contribution in [2.24, 2.45) is 0 Å². The maximum absolute atomic E-state index is 5.65. The van der Waals surface area contributed by atoms with Crippen LogP contribution >= 0.6 is 23.0 Å². The van der Waals surface area contributed by atoms with Crippen molar-refractivity contribution in [2.75, 3.05) is 6.61 Å². The first-order valence-corrected chi connectivity index (χ1v) is 7.04. The van der Waals surface area contributed by atoms with E-state index < -0.39 is 0 Å². The quantitative estimate of drug-likeness (QED) is 0.562. The minimum atomic E-state index is 0.666. The van der Waals surface area contributed by atoms with Gasteiger partial charge in [0.2, 0.25) is 5.88 Å². The summed E-state index contributed by atoms with van der Waals surface area (Å²) in [5, 5.41) is 1.06. The van der Waals surface area contributed by atoms with Gasteiger partial charge in [-0.1, -0.05) is 31.9 Å². The molecule has 0 amide bonds. The van der Waals surface area contributed by atoms with Crippen molar-refractivity contribution in [2.45, 2.75) is 26.2 Å². The van der Waals surface area contributed by atoms with Gasteiger partial charge in [-0.25, -0.2) is 4.98 Å². The second-order valence-electron chi connectivity index (χ2n) is 4.11. The van der Waals surface area contributed by atoms with Crippen LogP contribution < -0.4 is 7.80 Å². The van der Waals surface area contributed by atoms with E-state index in [4.69, 9.17) is 7.80 Å². The summed E-state index contributed by atoms with van der Waals surface area (Å²) in [5.41, 5.74) is 0.847. The summed E-state index contributed by atoms with van der Waals surface area (Å²) in [6, 6.07) is 9.80. The molecule has 4 heteroatoms. The van der Waals surface area contributed by atoms with Crippen LogP contribution in [-0.4, -0.2) is 11.6 Å². The van der Waals surface area contributed by atoms with Crippen LogP contribution in [0.3, 0.4) is 0 Å². The highest BCUT2D eigenvalue weighted by Crippen LogP contribution is 2.27. The van der Waals surface area contributed by atoms with Crippen LogP contribution in [0.15, 0.2) is 30.3 Å². The number of halogens is 1. The largest absolute Gasteiger partial charge is 0.478 e. The number of nitrogens with zero attached hydrogens (tertiary/aromatic N) is 1. The molecule has 0 N–H and O–H groups in total. The van der Waals surface area contributed by atoms with E-state index in [0.717, 1.165) is 29.7 Å². The fraction of sp³-hybridized carbons (Fsp3) is 0.357. The Morgan fingerprint density at radius 1 is 1.17 bits per heavy atom. The first kappa shape index (κ1) is 13.4. The van der Waals surface area contributed by atoms with Crippen molar-refractivity contribution in [1.29, 1.82) is 0 Å². The van der Waals surface area contributed by atoms with E-state index in [9.17, 15) is 0 Å². The number of ether oxygens (including phenoxy) is 1. The predicted molar refractivity (Wildman–Crippen MR) is 81.4 cm³/mol. The Morgan fingerprint density at radius 2 is 2.06 bits per heavy atom. The van der Waals surface area contributed by atoms with Crippen molar-refractivity contribution in [1.82, 2.24) is 4.98 Å². The third-order valence-electron chi connectivity index (χ3n) is 2.74. The van der Waals surface area contributed by atoms with Gasteiger partial charge in [0.05, 0.1) is 6.61 Å². The van der Waals surface area contributed by atoms with Crippen LogP contribution in [0.2, 0.25) is 0 Å². The molecular weight excluding hydrogens is 341 g/mol. The second-order valence-corrected chi connectivity index (χ2v) is 4.55. The van der Waals surface area contributed by atoms with Gasteiger partial charge in [0.15, 0.2) is 28.8 Å². The molecule has 0 aliphatic rings. The minimum Gasteiger partial charge on any atom is -0.478 e. The van der Waals surface area contributed by atoms with Gasteiger partial charge in [0, 0.05) is 11.5 Å². The highest BCUT2D eigenvalue weighted by molar-refractivity contribution is 14.1. The van der Waals surface area contributed by atoms with Gasteiger partial charge in [-0.15, -0.1) is 0 Å². The molecule has 0 spiro atoms. The van der Waals surface area contributed by atoms with E-state index in [-0.39, 0.29) is 0 Å². The first-order chi connectivity index (χ1) is 8.85. The molecule has 18 heavy (non-hydrogen) atoms. The van der Waals surface area contributed by atoms with Crippen molar-refractivity contribution in [3.63, 3.8) is 0 Å². The highest BCUT2D eigenvalue weighted by Gasteiger charge is 2.05. The van der Waals surface area contributed by atoms with Gasteiger partial charge in [0.1, 0.15) is 5.52 Å². The third-order valence-corrected chi connectivity index (χ3v) is 3.21. The van der Waals surface area contributed by atoms with E-state index in [1.165, 1.54) is 12.8 Å². The topological polar surface area (TPSA) is 31.4 Å². The number of benzene rings is 1. The molecule has 1 heterocycles. The monoisotopic (exact) mass is 357 g/mol. The minimum absolute atomic E-state index is 0.666. The van der Waals surface area contributed by atoms with Crippen LogP contribution in [-0.2, 0) is 0 Å². The molecule has 1 aromatic heterocycles. The van der Waals surface area contributed by atoms with Crippen LogP contribution in [0.4, 0.5) is 0 Å². The highest BCUT2D eigenvalue weighted by atomic mass is 127. The molecule has 0 aliphatic carbocycles. The number of pyridine rings is 1. The SMILES string of the molecule is CCCCCOc1ccc2cccc(OI)c2n1. The Balaban J connectivity index is 2.15. The number of rotatable bonds is 6. The summed E-state index contributed by atoms with van der Waals surface area (Å²) >= 11 is 1.87. The Hall–Kier alpha value is -1.04. The van der Waals surface area contributed by atoms with Crippen molar-refractivity contribution >= 4 is 33.9 Å². The number of fused-ring (bicyclic) bond motifs is 1. The van der Waals surface area contributed by atoms with E-state index >= 15 is 0 Å². The summed E-state index contributed by atoms with van der Waals surface area (Å²) in [6.45, 7) is 2.90. The van der Waals surface area contributed by atoms with Crippen LogP contribution in [0.25, 0.3) is 10.9 Å². The lowest BCUT2D eigenvalue weighted by atomic mass is 10.2. The first-order valence-electron chi connectivity index (χ1n) is 6.16. The lowest BCUT2D eigenvalue weighted by Gasteiger charge is -2.07. The van der Waals surface area contributed by atoms with Gasteiger partial charge in [-0.05, 0) is 18.6 Å². The van der Waals surface area contributed by atoms with Gasteiger partial charge in [-0.3, -0.25) is 0 Å². The van der Waals surface area contributed by atoms with Gasteiger partial charge >= 0.3 is 0 Å². The molecule has 0 fully saturated rings. The number of hydrogen-bond acceptors (Lipinski definition) is 3. The van der Waals surface area contributed by atoms with E-state index in [2.05, 4.69) is 11.9 Å². The fourth-order valence-corrected chi connectivity index (χ4v) is 2.13. The Morgan fingerprint density at radius 3 is 2.83 bits per heavy atom. The molecule has 3 nitrogen and oxygen atoms in total. The molecule has 0 saturated heterocycles. The Bertz CT molecular complexity index is 516. The predicted octanol–water partition coefficient (Wildman–Crippen LogP) is 4.53. The lowest BCUT2D eigenvalue weighted by Crippen LogP contribution is -1.99. The molecule has 2 aromatic rings.